The first-order chi connectivity index (χ1) is 9.74. The Bertz CT molecular complexity index is 599. The van der Waals surface area contributed by atoms with Crippen molar-refractivity contribution in [3.63, 3.8) is 0 Å². The Morgan fingerprint density at radius 2 is 1.40 bits per heavy atom. The van der Waals surface area contributed by atoms with E-state index >= 15 is 0 Å². The van der Waals surface area contributed by atoms with Gasteiger partial charge in [0.2, 0.25) is 0 Å². The normalized spacial score (nSPS) is 15.4. The molecule has 102 valence electrons. The van der Waals surface area contributed by atoms with E-state index < -0.39 is 0 Å². The van der Waals surface area contributed by atoms with E-state index in [1.54, 1.807) is 12.1 Å². The minimum absolute atomic E-state index is 0.134. The lowest BCUT2D eigenvalue weighted by Crippen LogP contribution is -2.03. The molecule has 0 spiro atoms. The van der Waals surface area contributed by atoms with E-state index in [0.717, 1.165) is 5.56 Å². The van der Waals surface area contributed by atoms with Crippen molar-refractivity contribution < 1.29 is 18.7 Å². The fraction of sp³-hybridized carbons (Fsp3) is 0.188. The predicted molar refractivity (Wildman–Crippen MR) is 70.9 cm³/mol. The molecule has 4 heteroatoms. The van der Waals surface area contributed by atoms with Crippen LogP contribution in [0.4, 0.5) is 4.39 Å². The van der Waals surface area contributed by atoms with E-state index in [4.69, 9.17) is 9.47 Å². The second kappa shape index (κ2) is 5.53. The Morgan fingerprint density at radius 3 is 1.95 bits per heavy atom. The number of hydrogen-bond donors (Lipinski definition) is 0. The summed E-state index contributed by atoms with van der Waals surface area (Å²) >= 11 is 0. The second-order valence-corrected chi connectivity index (χ2v) is 4.53. The summed E-state index contributed by atoms with van der Waals surface area (Å²) in [6.07, 6.45) is -0.343. The Kier molecular flexibility index (Phi) is 3.58. The van der Waals surface area contributed by atoms with E-state index in [0.29, 0.717) is 24.3 Å². The first-order valence-corrected chi connectivity index (χ1v) is 6.37. The molecule has 3 rings (SSSR count). The van der Waals surface area contributed by atoms with Crippen LogP contribution < -0.4 is 0 Å². The van der Waals surface area contributed by atoms with Gasteiger partial charge in [-0.1, -0.05) is 24.3 Å². The van der Waals surface area contributed by atoms with Gasteiger partial charge in [-0.15, -0.1) is 0 Å². The van der Waals surface area contributed by atoms with Crippen LogP contribution in [0.15, 0.2) is 48.5 Å². The van der Waals surface area contributed by atoms with Gasteiger partial charge in [-0.25, -0.2) is 4.39 Å². The van der Waals surface area contributed by atoms with Gasteiger partial charge in [-0.3, -0.25) is 4.79 Å². The molecule has 0 saturated carbocycles. The van der Waals surface area contributed by atoms with Crippen molar-refractivity contribution in [3.8, 4) is 0 Å². The van der Waals surface area contributed by atoms with Gasteiger partial charge in [-0.05, 0) is 24.3 Å². The number of hydrogen-bond acceptors (Lipinski definition) is 3. The van der Waals surface area contributed by atoms with E-state index in [9.17, 15) is 9.18 Å². The van der Waals surface area contributed by atoms with E-state index in [1.165, 1.54) is 24.3 Å². The van der Waals surface area contributed by atoms with Crippen LogP contribution in [0.3, 0.4) is 0 Å². The molecule has 1 fully saturated rings. The van der Waals surface area contributed by atoms with Crippen molar-refractivity contribution in [2.24, 2.45) is 0 Å². The Labute approximate surface area is 115 Å². The lowest BCUT2D eigenvalue weighted by molar-refractivity contribution is -0.0441. The van der Waals surface area contributed by atoms with Crippen LogP contribution in [-0.4, -0.2) is 19.0 Å². The molecule has 0 N–H and O–H groups in total. The predicted octanol–water partition coefficient (Wildman–Crippen LogP) is 3.10. The molecule has 1 heterocycles. The summed E-state index contributed by atoms with van der Waals surface area (Å²) in [5.74, 6) is -0.489. The average Bonchev–Trinajstić information content (AvgIpc) is 3.02. The van der Waals surface area contributed by atoms with Gasteiger partial charge < -0.3 is 9.47 Å². The van der Waals surface area contributed by atoms with Crippen molar-refractivity contribution in [1.82, 2.24) is 0 Å². The molecular formula is C16H13FO3. The summed E-state index contributed by atoms with van der Waals surface area (Å²) in [7, 11) is 0. The summed E-state index contributed by atoms with van der Waals surface area (Å²) in [5.41, 5.74) is 1.91. The quantitative estimate of drug-likeness (QED) is 0.805. The highest BCUT2D eigenvalue weighted by molar-refractivity contribution is 6.08. The van der Waals surface area contributed by atoms with E-state index in [-0.39, 0.29) is 17.9 Å². The first-order valence-electron chi connectivity index (χ1n) is 6.37. The topological polar surface area (TPSA) is 35.5 Å². The van der Waals surface area contributed by atoms with Crippen LogP contribution in [0.2, 0.25) is 0 Å². The highest BCUT2D eigenvalue weighted by Gasteiger charge is 2.18. The molecule has 0 bridgehead atoms. The minimum Gasteiger partial charge on any atom is -0.346 e. The van der Waals surface area contributed by atoms with Crippen molar-refractivity contribution in [3.05, 3.63) is 71.0 Å². The first kappa shape index (κ1) is 13.0. The smallest absolute Gasteiger partial charge is 0.193 e. The molecule has 0 radical (unpaired) electrons. The molecule has 20 heavy (non-hydrogen) atoms. The SMILES string of the molecule is O=C(c1ccc(F)cc1)c1ccc(C2OCCO2)cc1. The maximum absolute atomic E-state index is 12.8. The molecule has 2 aromatic rings. The van der Waals surface area contributed by atoms with Crippen LogP contribution in [0.25, 0.3) is 0 Å². The van der Waals surface area contributed by atoms with Crippen molar-refractivity contribution in [1.29, 1.82) is 0 Å². The van der Waals surface area contributed by atoms with Crippen LogP contribution in [-0.2, 0) is 9.47 Å². The van der Waals surface area contributed by atoms with Crippen LogP contribution in [0, 0.1) is 5.82 Å². The lowest BCUT2D eigenvalue weighted by atomic mass is 10.0. The number of benzene rings is 2. The van der Waals surface area contributed by atoms with Crippen LogP contribution in [0.1, 0.15) is 27.8 Å². The third kappa shape index (κ3) is 2.61. The Balaban J connectivity index is 1.80. The van der Waals surface area contributed by atoms with Gasteiger partial charge >= 0.3 is 0 Å². The number of rotatable bonds is 3. The van der Waals surface area contributed by atoms with Crippen molar-refractivity contribution in [2.45, 2.75) is 6.29 Å². The number of ether oxygens (including phenoxy) is 2. The number of halogens is 1. The zero-order valence-electron chi connectivity index (χ0n) is 10.7. The van der Waals surface area contributed by atoms with Crippen LogP contribution in [0.5, 0.6) is 0 Å². The average molecular weight is 272 g/mol. The third-order valence-electron chi connectivity index (χ3n) is 3.17. The van der Waals surface area contributed by atoms with Gasteiger partial charge in [0.15, 0.2) is 12.1 Å². The Hall–Kier alpha value is -2.04. The standard InChI is InChI=1S/C16H13FO3/c17-14-7-5-12(6-8-14)15(18)11-1-3-13(4-2-11)16-19-9-10-20-16/h1-8,16H,9-10H2. The minimum atomic E-state index is -0.354. The molecule has 1 aliphatic heterocycles. The van der Waals surface area contributed by atoms with E-state index in [2.05, 4.69) is 0 Å². The van der Waals surface area contributed by atoms with Crippen LogP contribution >= 0.6 is 0 Å². The molecule has 2 aromatic carbocycles. The summed E-state index contributed by atoms with van der Waals surface area (Å²) in [6, 6.07) is 12.6. The maximum atomic E-state index is 12.8. The molecule has 0 aromatic heterocycles. The molecule has 0 aliphatic carbocycles. The summed E-state index contributed by atoms with van der Waals surface area (Å²) < 4.78 is 23.6. The summed E-state index contributed by atoms with van der Waals surface area (Å²) in [6.45, 7) is 1.17. The fourth-order valence-corrected chi connectivity index (χ4v) is 2.11. The van der Waals surface area contributed by atoms with Gasteiger partial charge in [0, 0.05) is 16.7 Å². The number of carbonyl (C=O) groups is 1. The monoisotopic (exact) mass is 272 g/mol. The van der Waals surface area contributed by atoms with Gasteiger partial charge in [0.1, 0.15) is 5.82 Å². The highest BCUT2D eigenvalue weighted by Crippen LogP contribution is 2.23. The molecule has 0 unspecified atom stereocenters. The zero-order chi connectivity index (χ0) is 13.9. The highest BCUT2D eigenvalue weighted by atomic mass is 19.1. The molecule has 3 nitrogen and oxygen atoms in total. The number of ketones is 1. The van der Waals surface area contributed by atoms with Gasteiger partial charge in [0.25, 0.3) is 0 Å². The molecule has 1 aliphatic rings. The molecular weight excluding hydrogens is 259 g/mol. The lowest BCUT2D eigenvalue weighted by Gasteiger charge is -2.09. The molecule has 0 atom stereocenters. The molecule has 0 amide bonds. The maximum Gasteiger partial charge on any atom is 0.193 e. The largest absolute Gasteiger partial charge is 0.346 e. The van der Waals surface area contributed by atoms with Gasteiger partial charge in [-0.2, -0.15) is 0 Å². The molecule has 1 saturated heterocycles. The van der Waals surface area contributed by atoms with Crippen molar-refractivity contribution in [2.75, 3.05) is 13.2 Å². The zero-order valence-corrected chi connectivity index (χ0v) is 10.7. The number of carbonyl (C=O) groups excluding carboxylic acids is 1. The summed E-state index contributed by atoms with van der Waals surface area (Å²) in [4.78, 5) is 12.2. The van der Waals surface area contributed by atoms with Gasteiger partial charge in [0.05, 0.1) is 13.2 Å². The summed E-state index contributed by atoms with van der Waals surface area (Å²) in [5, 5.41) is 0. The van der Waals surface area contributed by atoms with Crippen molar-refractivity contribution >= 4 is 5.78 Å². The Morgan fingerprint density at radius 1 is 0.900 bits per heavy atom. The third-order valence-corrected chi connectivity index (χ3v) is 3.17. The fourth-order valence-electron chi connectivity index (χ4n) is 2.11. The second-order valence-electron chi connectivity index (χ2n) is 4.53. The van der Waals surface area contributed by atoms with E-state index in [1.807, 2.05) is 12.1 Å².